The third-order valence-corrected chi connectivity index (χ3v) is 1.53. The highest BCUT2D eigenvalue weighted by Gasteiger charge is 1.92. The fourth-order valence-corrected chi connectivity index (χ4v) is 0.940. The first kappa shape index (κ1) is 14.9. The molecule has 0 amide bonds. The van der Waals surface area contributed by atoms with E-state index in [2.05, 4.69) is 31.8 Å². The summed E-state index contributed by atoms with van der Waals surface area (Å²) >= 11 is 0. The third kappa shape index (κ3) is 11.4. The van der Waals surface area contributed by atoms with Gasteiger partial charge in [0.25, 0.3) is 0 Å². The second kappa shape index (κ2) is 11.4. The molecule has 0 aromatic carbocycles. The van der Waals surface area contributed by atoms with Gasteiger partial charge in [-0.1, -0.05) is 32.8 Å². The van der Waals surface area contributed by atoms with Crippen LogP contribution in [0.4, 0.5) is 0 Å². The average Bonchev–Trinajstić information content (AvgIpc) is 2.15. The third-order valence-electron chi connectivity index (χ3n) is 1.53. The molecule has 0 saturated heterocycles. The molecule has 1 heteroatoms. The van der Waals surface area contributed by atoms with Gasteiger partial charge in [0, 0.05) is 12.8 Å². The van der Waals surface area contributed by atoms with E-state index in [9.17, 15) is 0 Å². The lowest BCUT2D eigenvalue weighted by atomic mass is 10.1. The zero-order valence-corrected chi connectivity index (χ0v) is 10.1. The van der Waals surface area contributed by atoms with Crippen molar-refractivity contribution < 1.29 is 0 Å². The molecule has 78 valence electrons. The summed E-state index contributed by atoms with van der Waals surface area (Å²) in [5, 5.41) is 0. The number of aliphatic imine (C=N–C) groups is 1. The van der Waals surface area contributed by atoms with Crippen LogP contribution in [-0.4, -0.2) is 12.8 Å². The van der Waals surface area contributed by atoms with Crippen molar-refractivity contribution in [3.63, 3.8) is 0 Å². The minimum atomic E-state index is 1.12. The van der Waals surface area contributed by atoms with Crippen LogP contribution in [0.1, 0.15) is 53.9 Å². The molecule has 0 unspecified atom stereocenters. The number of hydrogen-bond donors (Lipinski definition) is 0. The quantitative estimate of drug-likeness (QED) is 0.578. The number of rotatable bonds is 4. The number of allylic oxidation sites excluding steroid dienone is 2. The molecule has 0 N–H and O–H groups in total. The Morgan fingerprint density at radius 3 is 2.08 bits per heavy atom. The smallest absolute Gasteiger partial charge is 0.0344 e. The van der Waals surface area contributed by atoms with E-state index < -0.39 is 0 Å². The fourth-order valence-electron chi connectivity index (χ4n) is 0.940. The average molecular weight is 183 g/mol. The van der Waals surface area contributed by atoms with Crippen molar-refractivity contribution in [2.24, 2.45) is 4.99 Å². The number of nitrogens with zero attached hydrogens (tertiary/aromatic N) is 1. The van der Waals surface area contributed by atoms with E-state index in [4.69, 9.17) is 0 Å². The molecule has 0 bridgehead atoms. The van der Waals surface area contributed by atoms with E-state index >= 15 is 0 Å². The van der Waals surface area contributed by atoms with Crippen LogP contribution in [0.25, 0.3) is 0 Å². The van der Waals surface area contributed by atoms with Crippen LogP contribution in [0.5, 0.6) is 0 Å². The molecule has 13 heavy (non-hydrogen) atoms. The summed E-state index contributed by atoms with van der Waals surface area (Å²) in [5.41, 5.74) is 2.56. The largest absolute Gasteiger partial charge is 0.293 e. The monoisotopic (exact) mass is 183 g/mol. The van der Waals surface area contributed by atoms with Crippen molar-refractivity contribution in [2.45, 2.75) is 53.9 Å². The van der Waals surface area contributed by atoms with E-state index in [0.717, 1.165) is 6.42 Å². The van der Waals surface area contributed by atoms with Crippen LogP contribution >= 0.6 is 0 Å². The van der Waals surface area contributed by atoms with Gasteiger partial charge < -0.3 is 0 Å². The Morgan fingerprint density at radius 2 is 1.77 bits per heavy atom. The Hall–Kier alpha value is -0.590. The molecule has 0 atom stereocenters. The maximum absolute atomic E-state index is 4.21. The van der Waals surface area contributed by atoms with Gasteiger partial charge in [-0.25, -0.2) is 0 Å². The highest BCUT2D eigenvalue weighted by Crippen LogP contribution is 2.00. The van der Waals surface area contributed by atoms with Crippen LogP contribution in [0.15, 0.2) is 16.6 Å². The normalized spacial score (nSPS) is 10.2. The lowest BCUT2D eigenvalue weighted by Crippen LogP contribution is -1.93. The van der Waals surface area contributed by atoms with Crippen LogP contribution in [-0.2, 0) is 0 Å². The van der Waals surface area contributed by atoms with Gasteiger partial charge in [-0.15, -0.1) is 0 Å². The maximum Gasteiger partial charge on any atom is 0.0344 e. The molecular formula is C12H25N. The highest BCUT2D eigenvalue weighted by molar-refractivity contribution is 5.95. The number of hydrogen-bond acceptors (Lipinski definition) is 1. The standard InChI is InChI=1S/C10H19N.C2H6/c1-5-6-7-10(11-4)8-9(2)3;1-2/h8H,5-7H2,1-4H3;1-2H3. The SMILES string of the molecule is CC.CCCCC(C=C(C)C)=NC. The zero-order chi connectivity index (χ0) is 10.7. The molecule has 0 heterocycles. The van der Waals surface area contributed by atoms with Crippen LogP contribution in [0, 0.1) is 0 Å². The van der Waals surface area contributed by atoms with Crippen molar-refractivity contribution in [3.8, 4) is 0 Å². The van der Waals surface area contributed by atoms with Crippen molar-refractivity contribution in [2.75, 3.05) is 7.05 Å². The Kier molecular flexibility index (Phi) is 13.1. The van der Waals surface area contributed by atoms with E-state index in [-0.39, 0.29) is 0 Å². The predicted molar refractivity (Wildman–Crippen MR) is 63.7 cm³/mol. The first-order valence-electron chi connectivity index (χ1n) is 5.31. The van der Waals surface area contributed by atoms with Gasteiger partial charge in [0.2, 0.25) is 0 Å². The molecule has 0 saturated carbocycles. The van der Waals surface area contributed by atoms with Gasteiger partial charge in [0.1, 0.15) is 0 Å². The number of unbranched alkanes of at least 4 members (excludes halogenated alkanes) is 1. The van der Waals surface area contributed by atoms with Gasteiger partial charge in [-0.3, -0.25) is 4.99 Å². The van der Waals surface area contributed by atoms with Gasteiger partial charge in [-0.2, -0.15) is 0 Å². The molecule has 0 aromatic heterocycles. The molecule has 0 aliphatic carbocycles. The minimum absolute atomic E-state index is 1.12. The maximum atomic E-state index is 4.21. The molecule has 0 rings (SSSR count). The molecule has 0 aliphatic heterocycles. The first-order chi connectivity index (χ1) is 6.20. The summed E-state index contributed by atoms with van der Waals surface area (Å²) in [6.07, 6.45) is 5.78. The summed E-state index contributed by atoms with van der Waals surface area (Å²) in [4.78, 5) is 4.21. The Balaban J connectivity index is 0. The zero-order valence-electron chi connectivity index (χ0n) is 10.1. The van der Waals surface area contributed by atoms with Gasteiger partial charge >= 0.3 is 0 Å². The van der Waals surface area contributed by atoms with Gasteiger partial charge in [0.05, 0.1) is 0 Å². The summed E-state index contributed by atoms with van der Waals surface area (Å²) < 4.78 is 0. The summed E-state index contributed by atoms with van der Waals surface area (Å²) in [7, 11) is 1.87. The highest BCUT2D eigenvalue weighted by atomic mass is 14.7. The Bertz CT molecular complexity index is 151. The molecule has 0 fully saturated rings. The van der Waals surface area contributed by atoms with Gasteiger partial charge in [-0.05, 0) is 32.8 Å². The lowest BCUT2D eigenvalue weighted by Gasteiger charge is -1.98. The molecule has 0 spiro atoms. The summed E-state index contributed by atoms with van der Waals surface area (Å²) in [6, 6.07) is 0. The molecule has 0 aliphatic rings. The first-order valence-corrected chi connectivity index (χ1v) is 5.31. The van der Waals surface area contributed by atoms with Crippen molar-refractivity contribution in [3.05, 3.63) is 11.6 Å². The topological polar surface area (TPSA) is 12.4 Å². The van der Waals surface area contributed by atoms with E-state index in [0.29, 0.717) is 0 Å². The van der Waals surface area contributed by atoms with Crippen LogP contribution in [0.2, 0.25) is 0 Å². The van der Waals surface area contributed by atoms with E-state index in [1.54, 1.807) is 0 Å². The Morgan fingerprint density at radius 1 is 1.23 bits per heavy atom. The second-order valence-electron chi connectivity index (χ2n) is 3.04. The predicted octanol–water partition coefficient (Wildman–Crippen LogP) is 4.24. The van der Waals surface area contributed by atoms with Crippen LogP contribution in [0.3, 0.4) is 0 Å². The fraction of sp³-hybridized carbons (Fsp3) is 0.750. The van der Waals surface area contributed by atoms with Gasteiger partial charge in [0.15, 0.2) is 0 Å². The molecule has 0 radical (unpaired) electrons. The van der Waals surface area contributed by atoms with E-state index in [1.807, 2.05) is 20.9 Å². The van der Waals surface area contributed by atoms with E-state index in [1.165, 1.54) is 24.1 Å². The lowest BCUT2D eigenvalue weighted by molar-refractivity contribution is 0.835. The van der Waals surface area contributed by atoms with Crippen molar-refractivity contribution in [1.29, 1.82) is 0 Å². The summed E-state index contributed by atoms with van der Waals surface area (Å²) in [5.74, 6) is 0. The molecule has 0 aromatic rings. The van der Waals surface area contributed by atoms with Crippen LogP contribution < -0.4 is 0 Å². The summed E-state index contributed by atoms with van der Waals surface area (Å²) in [6.45, 7) is 10.4. The Labute approximate surface area is 84.0 Å². The molecule has 1 nitrogen and oxygen atoms in total. The van der Waals surface area contributed by atoms with Crippen molar-refractivity contribution in [1.82, 2.24) is 0 Å². The minimum Gasteiger partial charge on any atom is -0.293 e. The molecular weight excluding hydrogens is 158 g/mol. The second-order valence-corrected chi connectivity index (χ2v) is 3.04. The van der Waals surface area contributed by atoms with Crippen molar-refractivity contribution >= 4 is 5.71 Å².